The molecule has 0 unspecified atom stereocenters. The predicted octanol–water partition coefficient (Wildman–Crippen LogP) is 2.54. The van der Waals surface area contributed by atoms with Gasteiger partial charge in [-0.1, -0.05) is 13.8 Å². The second-order valence-electron chi connectivity index (χ2n) is 10.7. The topological polar surface area (TPSA) is 109 Å². The SMILES string of the molecule is C[C@H]1[C@@H](CC(=O)N(CCCN)CCCCN)O[C@@H]2O[C@@]3(C)CC[C@H]4[C@H](C)CC[C@@H]1[C@@]24OO3. The van der Waals surface area contributed by atoms with Gasteiger partial charge in [-0.25, -0.2) is 9.78 Å². The Labute approximate surface area is 192 Å². The molecule has 1 saturated carbocycles. The Balaban J connectivity index is 1.51. The van der Waals surface area contributed by atoms with Crippen LogP contribution in [-0.4, -0.2) is 60.8 Å². The molecule has 1 amide bonds. The second-order valence-corrected chi connectivity index (χ2v) is 10.7. The number of amides is 1. The van der Waals surface area contributed by atoms with Crippen molar-refractivity contribution in [1.29, 1.82) is 0 Å². The zero-order chi connectivity index (χ0) is 22.9. The number of nitrogens with two attached hydrogens (primary N) is 2. The summed E-state index contributed by atoms with van der Waals surface area (Å²) < 4.78 is 13.0. The summed E-state index contributed by atoms with van der Waals surface area (Å²) in [4.78, 5) is 27.3. The predicted molar refractivity (Wildman–Crippen MR) is 120 cm³/mol. The second kappa shape index (κ2) is 9.84. The molecule has 5 aliphatic rings. The van der Waals surface area contributed by atoms with Gasteiger partial charge in [0.15, 0.2) is 11.9 Å². The largest absolute Gasteiger partial charge is 0.345 e. The van der Waals surface area contributed by atoms with Crippen LogP contribution in [-0.2, 0) is 24.0 Å². The molecule has 184 valence electrons. The van der Waals surface area contributed by atoms with Crippen LogP contribution in [0, 0.1) is 23.7 Å². The lowest BCUT2D eigenvalue weighted by Crippen LogP contribution is -2.70. The average molecular weight is 454 g/mol. The van der Waals surface area contributed by atoms with Crippen molar-refractivity contribution in [3.8, 4) is 0 Å². The zero-order valence-electron chi connectivity index (χ0n) is 20.1. The Bertz CT molecular complexity index is 666. The zero-order valence-corrected chi connectivity index (χ0v) is 20.1. The molecule has 8 atom stereocenters. The lowest BCUT2D eigenvalue weighted by Gasteiger charge is -2.60. The van der Waals surface area contributed by atoms with Crippen molar-refractivity contribution in [3.05, 3.63) is 0 Å². The molecule has 0 aromatic carbocycles. The summed E-state index contributed by atoms with van der Waals surface area (Å²) >= 11 is 0. The Morgan fingerprint density at radius 1 is 1.00 bits per heavy atom. The molecular formula is C24H43N3O5. The van der Waals surface area contributed by atoms with Gasteiger partial charge in [0, 0.05) is 25.4 Å². The molecule has 4 aliphatic heterocycles. The van der Waals surface area contributed by atoms with Crippen molar-refractivity contribution < 1.29 is 24.0 Å². The first-order valence-corrected chi connectivity index (χ1v) is 12.7. The maximum Gasteiger partial charge on any atom is 0.225 e. The third-order valence-corrected chi connectivity index (χ3v) is 8.54. The van der Waals surface area contributed by atoms with E-state index in [1.165, 1.54) is 0 Å². The highest BCUT2D eigenvalue weighted by atomic mass is 17.3. The van der Waals surface area contributed by atoms with Gasteiger partial charge < -0.3 is 25.8 Å². The average Bonchev–Trinajstić information content (AvgIpc) is 3.00. The van der Waals surface area contributed by atoms with Crippen LogP contribution in [0.2, 0.25) is 0 Å². The molecule has 5 fully saturated rings. The summed E-state index contributed by atoms with van der Waals surface area (Å²) in [7, 11) is 0. The van der Waals surface area contributed by atoms with Crippen molar-refractivity contribution >= 4 is 5.91 Å². The summed E-state index contributed by atoms with van der Waals surface area (Å²) in [5.74, 6) is 0.642. The van der Waals surface area contributed by atoms with Gasteiger partial charge in [0.05, 0.1) is 12.5 Å². The molecule has 0 aromatic rings. The van der Waals surface area contributed by atoms with E-state index in [0.717, 1.165) is 51.5 Å². The first-order chi connectivity index (χ1) is 15.3. The lowest BCUT2D eigenvalue weighted by molar-refractivity contribution is -0.570. The highest BCUT2D eigenvalue weighted by Crippen LogP contribution is 2.60. The molecule has 8 nitrogen and oxygen atoms in total. The van der Waals surface area contributed by atoms with E-state index in [0.29, 0.717) is 37.9 Å². The van der Waals surface area contributed by atoms with E-state index in [-0.39, 0.29) is 23.8 Å². The lowest BCUT2D eigenvalue weighted by atomic mass is 9.57. The molecule has 5 rings (SSSR count). The first kappa shape index (κ1) is 24.4. The van der Waals surface area contributed by atoms with Crippen molar-refractivity contribution in [2.75, 3.05) is 26.2 Å². The van der Waals surface area contributed by atoms with Crippen LogP contribution in [0.3, 0.4) is 0 Å². The number of ether oxygens (including phenoxy) is 2. The van der Waals surface area contributed by atoms with E-state index in [2.05, 4.69) is 13.8 Å². The van der Waals surface area contributed by atoms with Crippen LogP contribution >= 0.6 is 0 Å². The Morgan fingerprint density at radius 2 is 1.75 bits per heavy atom. The number of nitrogens with zero attached hydrogens (tertiary/aromatic N) is 1. The van der Waals surface area contributed by atoms with Crippen molar-refractivity contribution in [2.45, 2.75) is 95.9 Å². The van der Waals surface area contributed by atoms with E-state index in [4.69, 9.17) is 30.7 Å². The third kappa shape index (κ3) is 4.34. The number of carbonyl (C=O) groups excluding carboxylic acids is 1. The number of rotatable bonds is 9. The Kier molecular flexibility index (Phi) is 7.49. The molecule has 4 N–H and O–H groups in total. The van der Waals surface area contributed by atoms with Gasteiger partial charge in [-0.3, -0.25) is 4.79 Å². The summed E-state index contributed by atoms with van der Waals surface area (Å²) in [6.07, 6.45) is 6.31. The van der Waals surface area contributed by atoms with Gasteiger partial charge in [0.25, 0.3) is 0 Å². The third-order valence-electron chi connectivity index (χ3n) is 8.54. The van der Waals surface area contributed by atoms with Crippen LogP contribution in [0.15, 0.2) is 0 Å². The molecule has 32 heavy (non-hydrogen) atoms. The maximum absolute atomic E-state index is 13.3. The summed E-state index contributed by atoms with van der Waals surface area (Å²) in [5, 5.41) is 0. The van der Waals surface area contributed by atoms with Crippen molar-refractivity contribution in [2.24, 2.45) is 35.1 Å². The maximum atomic E-state index is 13.3. The number of carbonyl (C=O) groups is 1. The molecule has 0 radical (unpaired) electrons. The molecule has 4 saturated heterocycles. The van der Waals surface area contributed by atoms with Gasteiger partial charge >= 0.3 is 0 Å². The van der Waals surface area contributed by atoms with Crippen molar-refractivity contribution in [1.82, 2.24) is 4.90 Å². The number of hydrogen-bond acceptors (Lipinski definition) is 7. The minimum absolute atomic E-state index is 0.131. The van der Waals surface area contributed by atoms with Crippen LogP contribution in [0.5, 0.6) is 0 Å². The van der Waals surface area contributed by atoms with E-state index in [1.54, 1.807) is 0 Å². The summed E-state index contributed by atoms with van der Waals surface area (Å²) in [6.45, 7) is 9.08. The normalized spacial score (nSPS) is 42.9. The van der Waals surface area contributed by atoms with E-state index < -0.39 is 17.7 Å². The van der Waals surface area contributed by atoms with Gasteiger partial charge in [0.1, 0.15) is 0 Å². The number of hydrogen-bond donors (Lipinski definition) is 2. The number of fused-ring (bicyclic) bond motifs is 2. The fraction of sp³-hybridized carbons (Fsp3) is 0.958. The quantitative estimate of drug-likeness (QED) is 0.408. The highest BCUT2D eigenvalue weighted by Gasteiger charge is 2.69. The summed E-state index contributed by atoms with van der Waals surface area (Å²) in [5.41, 5.74) is 10.8. The van der Waals surface area contributed by atoms with Gasteiger partial charge in [0.2, 0.25) is 11.7 Å². The molecule has 8 heteroatoms. The monoisotopic (exact) mass is 453 g/mol. The van der Waals surface area contributed by atoms with Crippen LogP contribution in [0.1, 0.15) is 72.1 Å². The fourth-order valence-electron chi connectivity index (χ4n) is 6.60. The molecule has 2 bridgehead atoms. The van der Waals surface area contributed by atoms with E-state index in [9.17, 15) is 4.79 Å². The van der Waals surface area contributed by atoms with E-state index in [1.807, 2.05) is 11.8 Å². The summed E-state index contributed by atoms with van der Waals surface area (Å²) in [6, 6.07) is 0. The molecule has 0 aromatic heterocycles. The highest BCUT2D eigenvalue weighted by molar-refractivity contribution is 5.76. The fourth-order valence-corrected chi connectivity index (χ4v) is 6.60. The standard InChI is InChI=1S/C24H43N3O5/c1-16-7-8-19-17(2)20(15-21(28)27(14-6-12-26)13-5-4-11-25)29-22-24(19)18(16)9-10-23(3,30-22)31-32-24/h16-20,22H,4-15,25-26H2,1-3H3/t16-,17-,18+,19+,20-,22-,23-,24-/m1/s1. The first-order valence-electron chi connectivity index (χ1n) is 12.7. The van der Waals surface area contributed by atoms with Gasteiger partial charge in [-0.15, -0.1) is 0 Å². The Morgan fingerprint density at radius 3 is 2.50 bits per heavy atom. The van der Waals surface area contributed by atoms with E-state index >= 15 is 0 Å². The minimum atomic E-state index is -0.790. The molecule has 1 aliphatic carbocycles. The van der Waals surface area contributed by atoms with Gasteiger partial charge in [-0.05, 0) is 76.3 Å². The van der Waals surface area contributed by atoms with Crippen LogP contribution in [0.4, 0.5) is 0 Å². The smallest absolute Gasteiger partial charge is 0.225 e. The minimum Gasteiger partial charge on any atom is -0.345 e. The Hall–Kier alpha value is -0.770. The molecular weight excluding hydrogens is 410 g/mol. The van der Waals surface area contributed by atoms with Crippen molar-refractivity contribution in [3.63, 3.8) is 0 Å². The van der Waals surface area contributed by atoms with Crippen LogP contribution < -0.4 is 11.5 Å². The van der Waals surface area contributed by atoms with Gasteiger partial charge in [-0.2, -0.15) is 0 Å². The number of unbranched alkanes of at least 4 members (excludes halogenated alkanes) is 1. The molecule has 4 heterocycles. The van der Waals surface area contributed by atoms with Crippen LogP contribution in [0.25, 0.3) is 0 Å². The molecule has 1 spiro atoms.